The van der Waals surface area contributed by atoms with Gasteiger partial charge in [0.1, 0.15) is 11.9 Å². The second kappa shape index (κ2) is 12.0. The highest BCUT2D eigenvalue weighted by molar-refractivity contribution is 6.39. The Hall–Kier alpha value is -4.40. The zero-order chi connectivity index (χ0) is 27.2. The molecule has 3 aromatic carbocycles. The van der Waals surface area contributed by atoms with Crippen LogP contribution in [-0.2, 0) is 20.9 Å². The summed E-state index contributed by atoms with van der Waals surface area (Å²) in [6.07, 6.45) is 4.91. The van der Waals surface area contributed by atoms with E-state index in [1.54, 1.807) is 42.5 Å². The molecule has 1 unspecified atom stereocenters. The lowest BCUT2D eigenvalue weighted by Gasteiger charge is -2.33. The third-order valence-corrected chi connectivity index (χ3v) is 6.98. The van der Waals surface area contributed by atoms with Crippen LogP contribution in [0.25, 0.3) is 0 Å². The molecule has 1 atom stereocenters. The largest absolute Gasteiger partial charge is 0.454 e. The third kappa shape index (κ3) is 6.37. The lowest BCUT2D eigenvalue weighted by Crippen LogP contribution is -2.49. The van der Waals surface area contributed by atoms with Crippen molar-refractivity contribution in [3.63, 3.8) is 0 Å². The Bertz CT molecular complexity index is 1330. The molecular formula is C30H30FN3O5. The maximum atomic E-state index is 13.8. The average Bonchev–Trinajstić information content (AvgIpc) is 3.42. The molecule has 1 aliphatic carbocycles. The van der Waals surface area contributed by atoms with Crippen LogP contribution in [0.2, 0.25) is 0 Å². The molecule has 202 valence electrons. The fourth-order valence-corrected chi connectivity index (χ4v) is 4.99. The first-order valence-corrected chi connectivity index (χ1v) is 13.1. The first kappa shape index (κ1) is 26.2. The van der Waals surface area contributed by atoms with Crippen molar-refractivity contribution in [3.8, 4) is 11.5 Å². The lowest BCUT2D eigenvalue weighted by atomic mass is 9.94. The fourth-order valence-electron chi connectivity index (χ4n) is 4.99. The van der Waals surface area contributed by atoms with E-state index in [0.717, 1.165) is 32.1 Å². The molecule has 2 N–H and O–H groups in total. The highest BCUT2D eigenvalue weighted by Crippen LogP contribution is 2.34. The summed E-state index contributed by atoms with van der Waals surface area (Å²) >= 11 is 0. The highest BCUT2D eigenvalue weighted by atomic mass is 19.1. The smallest absolute Gasteiger partial charge is 0.313 e. The molecule has 2 aliphatic rings. The molecule has 1 heterocycles. The van der Waals surface area contributed by atoms with Crippen molar-refractivity contribution in [3.05, 3.63) is 89.7 Å². The zero-order valence-electron chi connectivity index (χ0n) is 21.4. The molecule has 0 spiro atoms. The summed E-state index contributed by atoms with van der Waals surface area (Å²) in [5, 5.41) is 5.73. The normalized spacial score (nSPS) is 15.3. The number of halogens is 1. The molecule has 1 fully saturated rings. The van der Waals surface area contributed by atoms with Gasteiger partial charge in [-0.25, -0.2) is 4.39 Å². The van der Waals surface area contributed by atoms with Gasteiger partial charge in [-0.05, 0) is 48.2 Å². The van der Waals surface area contributed by atoms with Gasteiger partial charge in [-0.1, -0.05) is 61.7 Å². The van der Waals surface area contributed by atoms with Gasteiger partial charge >= 0.3 is 11.8 Å². The van der Waals surface area contributed by atoms with E-state index >= 15 is 0 Å². The van der Waals surface area contributed by atoms with Crippen LogP contribution in [0.1, 0.15) is 49.3 Å². The molecule has 3 aromatic rings. The second-order valence-electron chi connectivity index (χ2n) is 9.74. The molecular weight excluding hydrogens is 501 g/mol. The SMILES string of the molecule is O=C(Nc1ccc2c(c1)OCO2)C(=O)N(Cc1ccc(F)cc1)C(C(=O)NC1CCCCC1)c1ccccc1. The summed E-state index contributed by atoms with van der Waals surface area (Å²) in [6, 6.07) is 18.3. The van der Waals surface area contributed by atoms with Gasteiger partial charge in [-0.2, -0.15) is 0 Å². The Kier molecular flexibility index (Phi) is 8.05. The van der Waals surface area contributed by atoms with E-state index < -0.39 is 23.7 Å². The van der Waals surface area contributed by atoms with Gasteiger partial charge < -0.3 is 25.0 Å². The molecule has 9 heteroatoms. The maximum Gasteiger partial charge on any atom is 0.313 e. The van der Waals surface area contributed by atoms with Crippen molar-refractivity contribution in [1.82, 2.24) is 10.2 Å². The van der Waals surface area contributed by atoms with Gasteiger partial charge in [0.15, 0.2) is 11.5 Å². The molecule has 0 saturated heterocycles. The van der Waals surface area contributed by atoms with E-state index in [-0.39, 0.29) is 25.3 Å². The maximum absolute atomic E-state index is 13.8. The van der Waals surface area contributed by atoms with Crippen molar-refractivity contribution >= 4 is 23.4 Å². The van der Waals surface area contributed by atoms with Gasteiger partial charge in [-0.15, -0.1) is 0 Å². The quantitative estimate of drug-likeness (QED) is 0.431. The van der Waals surface area contributed by atoms with Crippen LogP contribution in [0, 0.1) is 5.82 Å². The predicted molar refractivity (Wildman–Crippen MR) is 142 cm³/mol. The van der Waals surface area contributed by atoms with Gasteiger partial charge in [0.2, 0.25) is 12.7 Å². The predicted octanol–water partition coefficient (Wildman–Crippen LogP) is 4.71. The molecule has 0 radical (unpaired) electrons. The summed E-state index contributed by atoms with van der Waals surface area (Å²) in [5.41, 5.74) is 1.49. The average molecular weight is 532 g/mol. The molecule has 3 amide bonds. The van der Waals surface area contributed by atoms with Crippen LogP contribution in [0.15, 0.2) is 72.8 Å². The molecule has 0 bridgehead atoms. The summed E-state index contributed by atoms with van der Waals surface area (Å²) < 4.78 is 24.3. The Morgan fingerprint density at radius 1 is 0.897 bits per heavy atom. The molecule has 0 aromatic heterocycles. The van der Waals surface area contributed by atoms with Gasteiger partial charge in [0.05, 0.1) is 0 Å². The number of anilines is 1. The summed E-state index contributed by atoms with van der Waals surface area (Å²) in [7, 11) is 0. The Morgan fingerprint density at radius 3 is 2.36 bits per heavy atom. The van der Waals surface area contributed by atoms with Crippen molar-refractivity contribution in [2.45, 2.75) is 50.7 Å². The van der Waals surface area contributed by atoms with E-state index in [1.165, 1.54) is 29.2 Å². The minimum atomic E-state index is -1.08. The first-order valence-electron chi connectivity index (χ1n) is 13.1. The number of rotatable bonds is 7. The van der Waals surface area contributed by atoms with Crippen molar-refractivity contribution in [2.75, 3.05) is 12.1 Å². The van der Waals surface area contributed by atoms with E-state index in [1.807, 2.05) is 6.07 Å². The Morgan fingerprint density at radius 2 is 1.62 bits per heavy atom. The van der Waals surface area contributed by atoms with Crippen LogP contribution in [0.4, 0.5) is 10.1 Å². The number of benzene rings is 3. The van der Waals surface area contributed by atoms with Crippen molar-refractivity contribution < 1.29 is 28.2 Å². The number of carbonyl (C=O) groups is 3. The van der Waals surface area contributed by atoms with E-state index in [0.29, 0.717) is 28.3 Å². The topological polar surface area (TPSA) is 97.0 Å². The second-order valence-corrected chi connectivity index (χ2v) is 9.74. The van der Waals surface area contributed by atoms with Gasteiger partial charge in [0.25, 0.3) is 0 Å². The fraction of sp³-hybridized carbons (Fsp3) is 0.300. The van der Waals surface area contributed by atoms with Crippen LogP contribution in [0.3, 0.4) is 0 Å². The van der Waals surface area contributed by atoms with Gasteiger partial charge in [0, 0.05) is 24.3 Å². The number of ether oxygens (including phenoxy) is 2. The molecule has 8 nitrogen and oxygen atoms in total. The molecule has 1 saturated carbocycles. The molecule has 5 rings (SSSR count). The number of fused-ring (bicyclic) bond motifs is 1. The Balaban J connectivity index is 1.45. The third-order valence-electron chi connectivity index (χ3n) is 6.98. The number of amides is 3. The minimum absolute atomic E-state index is 0.00250. The molecule has 1 aliphatic heterocycles. The monoisotopic (exact) mass is 531 g/mol. The summed E-state index contributed by atoms with van der Waals surface area (Å²) in [4.78, 5) is 42.1. The van der Waals surface area contributed by atoms with Crippen LogP contribution in [0.5, 0.6) is 11.5 Å². The summed E-state index contributed by atoms with van der Waals surface area (Å²) in [6.45, 7) is -0.00269. The van der Waals surface area contributed by atoms with Crippen molar-refractivity contribution in [2.24, 2.45) is 0 Å². The number of hydrogen-bond donors (Lipinski definition) is 2. The van der Waals surface area contributed by atoms with E-state index in [2.05, 4.69) is 10.6 Å². The van der Waals surface area contributed by atoms with Crippen molar-refractivity contribution in [1.29, 1.82) is 0 Å². The highest BCUT2D eigenvalue weighted by Gasteiger charge is 2.36. The van der Waals surface area contributed by atoms with Crippen LogP contribution in [-0.4, -0.2) is 35.5 Å². The van der Waals surface area contributed by atoms with Crippen LogP contribution < -0.4 is 20.1 Å². The van der Waals surface area contributed by atoms with Crippen LogP contribution >= 0.6 is 0 Å². The number of hydrogen-bond acceptors (Lipinski definition) is 5. The Labute approximate surface area is 226 Å². The molecule has 39 heavy (non-hydrogen) atoms. The van der Waals surface area contributed by atoms with Gasteiger partial charge in [-0.3, -0.25) is 14.4 Å². The zero-order valence-corrected chi connectivity index (χ0v) is 21.4. The van der Waals surface area contributed by atoms with E-state index in [4.69, 9.17) is 9.47 Å². The van der Waals surface area contributed by atoms with E-state index in [9.17, 15) is 18.8 Å². The number of carbonyl (C=O) groups excluding carboxylic acids is 3. The number of nitrogens with one attached hydrogen (secondary N) is 2. The standard InChI is InChI=1S/C30H30FN3O5/c31-22-13-11-20(12-14-22)18-34(30(37)29(36)33-24-15-16-25-26(17-24)39-19-38-25)27(21-7-3-1-4-8-21)28(35)32-23-9-5-2-6-10-23/h1,3-4,7-8,11-17,23,27H,2,5-6,9-10,18-19H2,(H,32,35)(H,33,36). The minimum Gasteiger partial charge on any atom is -0.454 e. The first-order chi connectivity index (χ1) is 19.0. The number of nitrogens with zero attached hydrogens (tertiary/aromatic N) is 1. The lowest BCUT2D eigenvalue weighted by molar-refractivity contribution is -0.148. The summed E-state index contributed by atoms with van der Waals surface area (Å²) in [5.74, 6) is -1.60.